The molecule has 0 spiro atoms. The average molecular weight is 287 g/mol. The zero-order valence-corrected chi connectivity index (χ0v) is 14.4. The van der Waals surface area contributed by atoms with Crippen LogP contribution in [0.25, 0.3) is 0 Å². The second-order valence-electron chi connectivity index (χ2n) is 6.42. The quantitative estimate of drug-likeness (QED) is 0.557. The van der Waals surface area contributed by atoms with Gasteiger partial charge in [0.05, 0.1) is 0 Å². The van der Waals surface area contributed by atoms with Crippen molar-refractivity contribution in [1.82, 2.24) is 0 Å². The predicted molar refractivity (Wildman–Crippen MR) is 88.0 cm³/mol. The highest BCUT2D eigenvalue weighted by Crippen LogP contribution is 2.20. The molecule has 1 unspecified atom stereocenters. The van der Waals surface area contributed by atoms with Gasteiger partial charge in [0.25, 0.3) is 0 Å². The number of nitrogens with two attached hydrogens (primary N) is 1. The molecule has 0 aliphatic carbocycles. The van der Waals surface area contributed by atoms with Gasteiger partial charge >= 0.3 is 5.97 Å². The third-order valence-corrected chi connectivity index (χ3v) is 3.72. The lowest BCUT2D eigenvalue weighted by Gasteiger charge is -2.27. The smallest absolute Gasteiger partial charge is 0.303 e. The highest BCUT2D eigenvalue weighted by Gasteiger charge is 2.19. The van der Waals surface area contributed by atoms with Crippen molar-refractivity contribution < 1.29 is 9.90 Å². The van der Waals surface area contributed by atoms with Crippen LogP contribution in [0.3, 0.4) is 0 Å². The molecule has 0 fully saturated rings. The Labute approximate surface area is 126 Å². The molecule has 0 saturated carbocycles. The zero-order chi connectivity index (χ0) is 16.0. The van der Waals surface area contributed by atoms with E-state index in [1.165, 1.54) is 44.9 Å². The summed E-state index contributed by atoms with van der Waals surface area (Å²) in [5, 5.41) is 7.91. The van der Waals surface area contributed by atoms with Crippen molar-refractivity contribution in [2.45, 2.75) is 97.9 Å². The van der Waals surface area contributed by atoms with Crippen LogP contribution >= 0.6 is 0 Å². The minimum atomic E-state index is -0.711. The average Bonchev–Trinajstić information content (AvgIpc) is 2.32. The molecule has 0 rings (SSSR count). The fourth-order valence-electron chi connectivity index (χ4n) is 1.82. The van der Waals surface area contributed by atoms with Gasteiger partial charge in [0, 0.05) is 12.0 Å². The molecule has 20 heavy (non-hydrogen) atoms. The molecule has 0 aromatic heterocycles. The highest BCUT2D eigenvalue weighted by atomic mass is 16.4. The molecule has 0 aromatic rings. The molecule has 0 aliphatic heterocycles. The van der Waals surface area contributed by atoms with Crippen molar-refractivity contribution in [2.75, 3.05) is 0 Å². The van der Waals surface area contributed by atoms with Gasteiger partial charge in [-0.3, -0.25) is 4.79 Å². The van der Waals surface area contributed by atoms with Crippen LogP contribution in [0.5, 0.6) is 0 Å². The molecule has 0 amide bonds. The van der Waals surface area contributed by atoms with Crippen LogP contribution in [0.1, 0.15) is 92.4 Å². The first-order valence-electron chi connectivity index (χ1n) is 8.26. The normalized spacial score (nSPS) is 12.5. The Morgan fingerprint density at radius 2 is 1.55 bits per heavy atom. The van der Waals surface area contributed by atoms with Gasteiger partial charge in [-0.05, 0) is 32.6 Å². The molecule has 1 atom stereocenters. The summed E-state index contributed by atoms with van der Waals surface area (Å²) in [7, 11) is 0. The third kappa shape index (κ3) is 17.4. The van der Waals surface area contributed by atoms with Crippen molar-refractivity contribution in [2.24, 2.45) is 11.7 Å². The molecular formula is C17H37NO2. The van der Waals surface area contributed by atoms with Crippen LogP contribution in [-0.4, -0.2) is 16.6 Å². The minimum absolute atomic E-state index is 0.00339. The summed E-state index contributed by atoms with van der Waals surface area (Å²) in [6.45, 7) is 10.6. The van der Waals surface area contributed by atoms with Gasteiger partial charge < -0.3 is 10.8 Å². The van der Waals surface area contributed by atoms with E-state index in [-0.39, 0.29) is 5.54 Å². The Hall–Kier alpha value is -0.570. The van der Waals surface area contributed by atoms with Gasteiger partial charge in [0.1, 0.15) is 0 Å². The van der Waals surface area contributed by atoms with Gasteiger partial charge in [0.2, 0.25) is 0 Å². The summed E-state index contributed by atoms with van der Waals surface area (Å²) < 4.78 is 0. The molecule has 0 aliphatic rings. The van der Waals surface area contributed by atoms with Crippen LogP contribution in [0.15, 0.2) is 0 Å². The Morgan fingerprint density at radius 1 is 1.05 bits per heavy atom. The fraction of sp³-hybridized carbons (Fsp3) is 0.941. The number of hydrogen-bond acceptors (Lipinski definition) is 2. The Bertz CT molecular complexity index is 222. The van der Waals surface area contributed by atoms with Gasteiger partial charge in [-0.2, -0.15) is 0 Å². The topological polar surface area (TPSA) is 63.3 Å². The standard InChI is InChI=1S/C13H29N.C4H8O2/c1-5-6-7-8-9-10-11-12(2)13(3,4)14;1-2-3-4(5)6/h12H,5-11,14H2,1-4H3;2-3H2,1H3,(H,5,6). The van der Waals surface area contributed by atoms with Crippen LogP contribution < -0.4 is 5.73 Å². The zero-order valence-electron chi connectivity index (χ0n) is 14.4. The summed E-state index contributed by atoms with van der Waals surface area (Å²) >= 11 is 0. The summed E-state index contributed by atoms with van der Waals surface area (Å²) in [4.78, 5) is 9.60. The third-order valence-electron chi connectivity index (χ3n) is 3.72. The lowest BCUT2D eigenvalue weighted by molar-refractivity contribution is -0.137. The van der Waals surface area contributed by atoms with Crippen molar-refractivity contribution in [3.63, 3.8) is 0 Å². The first-order valence-corrected chi connectivity index (χ1v) is 8.26. The Kier molecular flexibility index (Phi) is 14.6. The number of carboxylic acid groups (broad SMARTS) is 1. The molecule has 122 valence electrons. The number of aliphatic carboxylic acids is 1. The number of rotatable bonds is 10. The molecule has 0 heterocycles. The van der Waals surface area contributed by atoms with Crippen molar-refractivity contribution in [3.05, 3.63) is 0 Å². The molecule has 3 heteroatoms. The summed E-state index contributed by atoms with van der Waals surface area (Å²) in [6.07, 6.45) is 10.6. The van der Waals surface area contributed by atoms with Gasteiger partial charge in [-0.15, -0.1) is 0 Å². The summed E-state index contributed by atoms with van der Waals surface area (Å²) in [5.74, 6) is -0.0637. The second kappa shape index (κ2) is 13.4. The first-order chi connectivity index (χ1) is 9.25. The molecule has 0 bridgehead atoms. The maximum atomic E-state index is 9.60. The Balaban J connectivity index is 0. The number of hydrogen-bond donors (Lipinski definition) is 2. The highest BCUT2D eigenvalue weighted by molar-refractivity contribution is 5.66. The van der Waals surface area contributed by atoms with Crippen LogP contribution in [0, 0.1) is 5.92 Å². The molecule has 0 saturated heterocycles. The predicted octanol–water partition coefficient (Wildman–Crippen LogP) is 4.98. The molecule has 3 nitrogen and oxygen atoms in total. The van der Waals surface area contributed by atoms with E-state index >= 15 is 0 Å². The van der Waals surface area contributed by atoms with E-state index < -0.39 is 5.97 Å². The van der Waals surface area contributed by atoms with E-state index in [2.05, 4.69) is 27.7 Å². The van der Waals surface area contributed by atoms with E-state index in [9.17, 15) is 4.79 Å². The molecule has 0 aromatic carbocycles. The molecule has 0 radical (unpaired) electrons. The van der Waals surface area contributed by atoms with Crippen molar-refractivity contribution in [3.8, 4) is 0 Å². The maximum absolute atomic E-state index is 9.60. The minimum Gasteiger partial charge on any atom is -0.481 e. The van der Waals surface area contributed by atoms with Gasteiger partial charge in [-0.1, -0.05) is 59.3 Å². The van der Waals surface area contributed by atoms with Gasteiger partial charge in [0.15, 0.2) is 0 Å². The van der Waals surface area contributed by atoms with E-state index in [4.69, 9.17) is 10.8 Å². The van der Waals surface area contributed by atoms with E-state index in [1.807, 2.05) is 6.92 Å². The lowest BCUT2D eigenvalue weighted by Crippen LogP contribution is -2.39. The van der Waals surface area contributed by atoms with E-state index in [0.717, 1.165) is 6.42 Å². The van der Waals surface area contributed by atoms with E-state index in [1.54, 1.807) is 0 Å². The number of carbonyl (C=O) groups is 1. The van der Waals surface area contributed by atoms with Crippen LogP contribution in [0.4, 0.5) is 0 Å². The maximum Gasteiger partial charge on any atom is 0.303 e. The molecule has 3 N–H and O–H groups in total. The summed E-state index contributed by atoms with van der Waals surface area (Å²) in [5.41, 5.74) is 6.04. The van der Waals surface area contributed by atoms with E-state index in [0.29, 0.717) is 12.3 Å². The largest absolute Gasteiger partial charge is 0.481 e. The van der Waals surface area contributed by atoms with Crippen molar-refractivity contribution in [1.29, 1.82) is 0 Å². The number of unbranched alkanes of at least 4 members (excludes halogenated alkanes) is 5. The first kappa shape index (κ1) is 21.7. The van der Waals surface area contributed by atoms with Crippen LogP contribution in [0.2, 0.25) is 0 Å². The number of carboxylic acids is 1. The summed E-state index contributed by atoms with van der Waals surface area (Å²) in [6, 6.07) is 0. The van der Waals surface area contributed by atoms with Crippen LogP contribution in [-0.2, 0) is 4.79 Å². The second-order valence-corrected chi connectivity index (χ2v) is 6.42. The Morgan fingerprint density at radius 3 is 1.90 bits per heavy atom. The fourth-order valence-corrected chi connectivity index (χ4v) is 1.82. The van der Waals surface area contributed by atoms with Crippen molar-refractivity contribution >= 4 is 5.97 Å². The SMILES string of the molecule is CCCC(=O)O.CCCCCCCCC(C)C(C)(C)N. The lowest BCUT2D eigenvalue weighted by atomic mass is 9.86. The monoisotopic (exact) mass is 287 g/mol. The molecular weight excluding hydrogens is 250 g/mol. The van der Waals surface area contributed by atoms with Gasteiger partial charge in [-0.25, -0.2) is 0 Å².